The quantitative estimate of drug-likeness (QED) is 0.283. The molecule has 0 radical (unpaired) electrons. The van der Waals surface area contributed by atoms with Crippen LogP contribution in [0.5, 0.6) is 0 Å². The van der Waals surface area contributed by atoms with Crippen LogP contribution in [-0.2, 0) is 4.79 Å². The third kappa shape index (κ3) is 11.0. The van der Waals surface area contributed by atoms with E-state index >= 15 is 0 Å². The van der Waals surface area contributed by atoms with Crippen LogP contribution in [0, 0.1) is 5.92 Å². The molecule has 3 nitrogen and oxygen atoms in total. The van der Waals surface area contributed by atoms with Gasteiger partial charge in [0.1, 0.15) is 0 Å². The Kier molecular flexibility index (Phi) is 11.4. The van der Waals surface area contributed by atoms with E-state index in [9.17, 15) is 4.79 Å². The predicted octanol–water partition coefficient (Wildman–Crippen LogP) is 3.03. The number of halogens is 1. The Morgan fingerprint density at radius 1 is 1.29 bits per heavy atom. The van der Waals surface area contributed by atoms with Crippen LogP contribution in [0.3, 0.4) is 0 Å². The van der Waals surface area contributed by atoms with Crippen molar-refractivity contribution < 1.29 is 4.79 Å². The van der Waals surface area contributed by atoms with Gasteiger partial charge in [-0.2, -0.15) is 0 Å². The minimum absolute atomic E-state index is 0.166. The number of carbonyl (C=O) groups is 1. The largest absolute Gasteiger partial charge is 0.355 e. The van der Waals surface area contributed by atoms with Crippen LogP contribution in [0.15, 0.2) is 0 Å². The Morgan fingerprint density at radius 2 is 2.00 bits per heavy atom. The van der Waals surface area contributed by atoms with Crippen molar-refractivity contribution in [2.24, 2.45) is 5.92 Å². The molecule has 0 saturated heterocycles. The van der Waals surface area contributed by atoms with Crippen LogP contribution in [0.4, 0.5) is 0 Å². The SMILES string of the molecule is CCCCCCNC(=O)CN(CI)CC(C)C. The zero-order valence-electron chi connectivity index (χ0n) is 11.5. The zero-order valence-corrected chi connectivity index (χ0v) is 13.6. The second-order valence-electron chi connectivity index (χ2n) is 4.94. The molecule has 1 N–H and O–H groups in total. The van der Waals surface area contributed by atoms with Gasteiger partial charge < -0.3 is 5.32 Å². The summed E-state index contributed by atoms with van der Waals surface area (Å²) in [4.78, 5) is 13.9. The summed E-state index contributed by atoms with van der Waals surface area (Å²) in [5.74, 6) is 0.779. The van der Waals surface area contributed by atoms with E-state index in [-0.39, 0.29) is 5.91 Å². The highest BCUT2D eigenvalue weighted by Crippen LogP contribution is 2.01. The third-order valence-corrected chi connectivity index (χ3v) is 3.48. The fraction of sp³-hybridized carbons (Fsp3) is 0.923. The maximum Gasteiger partial charge on any atom is 0.234 e. The van der Waals surface area contributed by atoms with Crippen LogP contribution in [0.25, 0.3) is 0 Å². The number of nitrogens with zero attached hydrogens (tertiary/aromatic N) is 1. The molecule has 0 heterocycles. The number of hydrogen-bond donors (Lipinski definition) is 1. The number of unbranched alkanes of at least 4 members (excludes halogenated alkanes) is 3. The lowest BCUT2D eigenvalue weighted by Crippen LogP contribution is -2.38. The Morgan fingerprint density at radius 3 is 2.53 bits per heavy atom. The molecule has 0 aromatic carbocycles. The number of rotatable bonds is 10. The summed E-state index contributed by atoms with van der Waals surface area (Å²) in [6.07, 6.45) is 4.83. The zero-order chi connectivity index (χ0) is 13.1. The summed E-state index contributed by atoms with van der Waals surface area (Å²) in [5.41, 5.74) is 0. The molecular formula is C13H27IN2O. The van der Waals surface area contributed by atoms with Crippen LogP contribution >= 0.6 is 22.6 Å². The first kappa shape index (κ1) is 17.2. The molecular weight excluding hydrogens is 327 g/mol. The molecule has 0 fully saturated rings. The monoisotopic (exact) mass is 354 g/mol. The fourth-order valence-corrected chi connectivity index (χ4v) is 2.23. The molecule has 0 atom stereocenters. The van der Waals surface area contributed by atoms with E-state index in [1.165, 1.54) is 19.3 Å². The van der Waals surface area contributed by atoms with Gasteiger partial charge in [-0.1, -0.05) is 62.6 Å². The second kappa shape index (κ2) is 11.3. The van der Waals surface area contributed by atoms with E-state index < -0.39 is 0 Å². The minimum Gasteiger partial charge on any atom is -0.355 e. The lowest BCUT2D eigenvalue weighted by atomic mass is 10.2. The van der Waals surface area contributed by atoms with Crippen molar-refractivity contribution in [2.75, 3.05) is 24.2 Å². The molecule has 4 heteroatoms. The van der Waals surface area contributed by atoms with Gasteiger partial charge in [-0.25, -0.2) is 0 Å². The first-order chi connectivity index (χ1) is 8.10. The highest BCUT2D eigenvalue weighted by atomic mass is 127. The molecule has 102 valence electrons. The number of alkyl halides is 1. The van der Waals surface area contributed by atoms with E-state index in [1.807, 2.05) is 0 Å². The van der Waals surface area contributed by atoms with Gasteiger partial charge >= 0.3 is 0 Å². The van der Waals surface area contributed by atoms with Gasteiger partial charge in [-0.3, -0.25) is 9.69 Å². The molecule has 0 aliphatic carbocycles. The van der Waals surface area contributed by atoms with Crippen LogP contribution in [0.1, 0.15) is 46.5 Å². The van der Waals surface area contributed by atoms with Crippen LogP contribution < -0.4 is 5.32 Å². The number of carbonyl (C=O) groups excluding carboxylic acids is 1. The van der Waals surface area contributed by atoms with E-state index in [0.29, 0.717) is 12.5 Å². The van der Waals surface area contributed by atoms with Gasteiger partial charge in [-0.05, 0) is 12.3 Å². The second-order valence-corrected chi connectivity index (χ2v) is 5.62. The van der Waals surface area contributed by atoms with Gasteiger partial charge in [0.05, 0.1) is 11.1 Å². The van der Waals surface area contributed by atoms with Gasteiger partial charge in [0, 0.05) is 13.1 Å². The summed E-state index contributed by atoms with van der Waals surface area (Å²) in [5, 5.41) is 3.00. The van der Waals surface area contributed by atoms with Crippen molar-refractivity contribution in [2.45, 2.75) is 46.5 Å². The van der Waals surface area contributed by atoms with Crippen molar-refractivity contribution in [1.29, 1.82) is 0 Å². The topological polar surface area (TPSA) is 32.3 Å². The number of hydrogen-bond acceptors (Lipinski definition) is 2. The predicted molar refractivity (Wildman–Crippen MR) is 82.4 cm³/mol. The molecule has 17 heavy (non-hydrogen) atoms. The standard InChI is InChI=1S/C13H27IN2O/c1-4-5-6-7-8-15-13(17)10-16(11-14)9-12(2)3/h12H,4-11H2,1-3H3,(H,15,17). The Bertz CT molecular complexity index is 198. The third-order valence-electron chi connectivity index (χ3n) is 2.51. The molecule has 0 spiro atoms. The highest BCUT2D eigenvalue weighted by molar-refractivity contribution is 14.1. The molecule has 1 amide bonds. The van der Waals surface area contributed by atoms with Crippen LogP contribution in [-0.4, -0.2) is 35.0 Å². The molecule has 0 aliphatic heterocycles. The highest BCUT2D eigenvalue weighted by Gasteiger charge is 2.10. The normalized spacial score (nSPS) is 11.2. The lowest BCUT2D eigenvalue weighted by molar-refractivity contribution is -0.122. The molecule has 0 unspecified atom stereocenters. The molecule has 0 aromatic heterocycles. The summed E-state index contributed by atoms with van der Waals surface area (Å²) in [6, 6.07) is 0. The van der Waals surface area contributed by atoms with Gasteiger partial charge in [0.2, 0.25) is 5.91 Å². The van der Waals surface area contributed by atoms with E-state index in [4.69, 9.17) is 0 Å². The summed E-state index contributed by atoms with van der Waals surface area (Å²) < 4.78 is 0.916. The summed E-state index contributed by atoms with van der Waals surface area (Å²) >= 11 is 2.32. The van der Waals surface area contributed by atoms with Crippen molar-refractivity contribution >= 4 is 28.5 Å². The lowest BCUT2D eigenvalue weighted by Gasteiger charge is -2.20. The maximum atomic E-state index is 11.7. The first-order valence-electron chi connectivity index (χ1n) is 6.65. The molecule has 0 saturated carbocycles. The van der Waals surface area contributed by atoms with E-state index in [2.05, 4.69) is 53.6 Å². The van der Waals surface area contributed by atoms with E-state index in [0.717, 1.165) is 24.1 Å². The smallest absolute Gasteiger partial charge is 0.234 e. The fourth-order valence-electron chi connectivity index (χ4n) is 1.71. The molecule has 0 rings (SSSR count). The Labute approximate surface area is 120 Å². The minimum atomic E-state index is 0.166. The first-order valence-corrected chi connectivity index (χ1v) is 8.17. The molecule has 0 aromatic rings. The summed E-state index contributed by atoms with van der Waals surface area (Å²) in [7, 11) is 0. The maximum absolute atomic E-state index is 11.7. The van der Waals surface area contributed by atoms with Crippen molar-refractivity contribution in [3.8, 4) is 0 Å². The van der Waals surface area contributed by atoms with Crippen LogP contribution in [0.2, 0.25) is 0 Å². The average Bonchev–Trinajstić information content (AvgIpc) is 2.27. The van der Waals surface area contributed by atoms with Crippen molar-refractivity contribution in [1.82, 2.24) is 10.2 Å². The summed E-state index contributed by atoms with van der Waals surface area (Å²) in [6.45, 7) is 8.92. The molecule has 0 bridgehead atoms. The van der Waals surface area contributed by atoms with Crippen molar-refractivity contribution in [3.63, 3.8) is 0 Å². The van der Waals surface area contributed by atoms with Gasteiger partial charge in [-0.15, -0.1) is 0 Å². The Balaban J connectivity index is 3.61. The van der Waals surface area contributed by atoms with Crippen molar-refractivity contribution in [3.05, 3.63) is 0 Å². The van der Waals surface area contributed by atoms with Gasteiger partial charge in [0.15, 0.2) is 0 Å². The number of amides is 1. The molecule has 0 aliphatic rings. The Hall–Kier alpha value is 0.160. The van der Waals surface area contributed by atoms with E-state index in [1.54, 1.807) is 0 Å². The number of nitrogens with one attached hydrogen (secondary N) is 1. The average molecular weight is 354 g/mol. The van der Waals surface area contributed by atoms with Gasteiger partial charge in [0.25, 0.3) is 0 Å².